The standard InChI is InChI=1S/C16H18ClFN2O/c1-11(2)20-9-13-7-8-19-16(15(13)18)21-10-12-3-5-14(17)6-4-12/h3-8,11,20H,9-10H2,1-2H3. The minimum absolute atomic E-state index is 0.0213. The summed E-state index contributed by atoms with van der Waals surface area (Å²) in [6.07, 6.45) is 1.55. The summed E-state index contributed by atoms with van der Waals surface area (Å²) in [5, 5.41) is 3.83. The molecule has 1 aromatic heterocycles. The van der Waals surface area contributed by atoms with Crippen molar-refractivity contribution in [2.24, 2.45) is 0 Å². The molecule has 112 valence electrons. The molecule has 0 saturated carbocycles. The van der Waals surface area contributed by atoms with Crippen LogP contribution in [0.5, 0.6) is 5.88 Å². The van der Waals surface area contributed by atoms with Gasteiger partial charge in [0.25, 0.3) is 5.88 Å². The van der Waals surface area contributed by atoms with Gasteiger partial charge in [-0.05, 0) is 23.8 Å². The van der Waals surface area contributed by atoms with Crippen LogP contribution < -0.4 is 10.1 Å². The summed E-state index contributed by atoms with van der Waals surface area (Å²) in [5.41, 5.74) is 1.45. The Morgan fingerprint density at radius 3 is 2.62 bits per heavy atom. The second kappa shape index (κ2) is 7.38. The Morgan fingerprint density at radius 1 is 1.24 bits per heavy atom. The number of hydrogen-bond acceptors (Lipinski definition) is 3. The highest BCUT2D eigenvalue weighted by Gasteiger charge is 2.11. The smallest absolute Gasteiger partial charge is 0.251 e. The van der Waals surface area contributed by atoms with Gasteiger partial charge >= 0.3 is 0 Å². The first kappa shape index (κ1) is 15.7. The first-order valence-corrected chi connectivity index (χ1v) is 7.18. The van der Waals surface area contributed by atoms with Crippen LogP contribution in [0.15, 0.2) is 36.5 Å². The lowest BCUT2D eigenvalue weighted by Gasteiger charge is -2.11. The van der Waals surface area contributed by atoms with E-state index in [1.54, 1.807) is 24.4 Å². The molecule has 1 N–H and O–H groups in total. The molecule has 5 heteroatoms. The molecule has 0 amide bonds. The molecule has 1 heterocycles. The van der Waals surface area contributed by atoms with Gasteiger partial charge in [-0.1, -0.05) is 37.6 Å². The van der Waals surface area contributed by atoms with Gasteiger partial charge in [0.05, 0.1) is 0 Å². The topological polar surface area (TPSA) is 34.2 Å². The van der Waals surface area contributed by atoms with Crippen LogP contribution >= 0.6 is 11.6 Å². The van der Waals surface area contributed by atoms with Crippen molar-refractivity contribution in [3.05, 3.63) is 58.5 Å². The van der Waals surface area contributed by atoms with E-state index in [9.17, 15) is 4.39 Å². The highest BCUT2D eigenvalue weighted by atomic mass is 35.5. The molecule has 1 aromatic carbocycles. The number of aromatic nitrogens is 1. The molecule has 0 bridgehead atoms. The van der Waals surface area contributed by atoms with E-state index in [0.717, 1.165) is 5.56 Å². The predicted octanol–water partition coefficient (Wildman–Crippen LogP) is 3.95. The predicted molar refractivity (Wildman–Crippen MR) is 82.0 cm³/mol. The van der Waals surface area contributed by atoms with E-state index in [4.69, 9.17) is 16.3 Å². The van der Waals surface area contributed by atoms with Gasteiger partial charge in [-0.25, -0.2) is 9.37 Å². The van der Waals surface area contributed by atoms with E-state index in [0.29, 0.717) is 17.1 Å². The first-order chi connectivity index (χ1) is 10.1. The molecular weight excluding hydrogens is 291 g/mol. The maximum atomic E-state index is 14.2. The van der Waals surface area contributed by atoms with Crippen molar-refractivity contribution in [2.75, 3.05) is 0 Å². The molecule has 0 aliphatic carbocycles. The number of nitrogens with one attached hydrogen (secondary N) is 1. The quantitative estimate of drug-likeness (QED) is 0.877. The molecule has 3 nitrogen and oxygen atoms in total. The minimum atomic E-state index is -0.417. The maximum absolute atomic E-state index is 14.2. The van der Waals surface area contributed by atoms with Crippen molar-refractivity contribution in [1.82, 2.24) is 10.3 Å². The van der Waals surface area contributed by atoms with Crippen LogP contribution in [0.1, 0.15) is 25.0 Å². The molecule has 21 heavy (non-hydrogen) atoms. The molecule has 0 aliphatic rings. The molecule has 0 radical (unpaired) electrons. The molecule has 2 aromatic rings. The third-order valence-corrected chi connectivity index (χ3v) is 3.18. The number of nitrogens with zero attached hydrogens (tertiary/aromatic N) is 1. The maximum Gasteiger partial charge on any atom is 0.251 e. The lowest BCUT2D eigenvalue weighted by molar-refractivity contribution is 0.275. The van der Waals surface area contributed by atoms with Crippen molar-refractivity contribution in [2.45, 2.75) is 33.0 Å². The molecular formula is C16H18ClFN2O. The summed E-state index contributed by atoms with van der Waals surface area (Å²) in [7, 11) is 0. The largest absolute Gasteiger partial charge is 0.471 e. The van der Waals surface area contributed by atoms with Crippen LogP contribution in [0.25, 0.3) is 0 Å². The van der Waals surface area contributed by atoms with Gasteiger partial charge < -0.3 is 10.1 Å². The Morgan fingerprint density at radius 2 is 1.95 bits per heavy atom. The van der Waals surface area contributed by atoms with Gasteiger partial charge in [0.15, 0.2) is 5.82 Å². The fraction of sp³-hybridized carbons (Fsp3) is 0.312. The van der Waals surface area contributed by atoms with Crippen molar-refractivity contribution in [3.63, 3.8) is 0 Å². The van der Waals surface area contributed by atoms with Crippen LogP contribution in [-0.2, 0) is 13.2 Å². The summed E-state index contributed by atoms with van der Waals surface area (Å²) in [5.74, 6) is -0.396. The Hall–Kier alpha value is -1.65. The molecule has 2 rings (SSSR count). The minimum Gasteiger partial charge on any atom is -0.471 e. The lowest BCUT2D eigenvalue weighted by Crippen LogP contribution is -2.22. The third kappa shape index (κ3) is 4.69. The Kier molecular flexibility index (Phi) is 5.53. The van der Waals surface area contributed by atoms with Crippen LogP contribution in [0, 0.1) is 5.82 Å². The number of ether oxygens (including phenoxy) is 1. The van der Waals surface area contributed by atoms with Gasteiger partial charge in [-0.2, -0.15) is 0 Å². The van der Waals surface area contributed by atoms with Crippen LogP contribution in [0.4, 0.5) is 4.39 Å². The number of benzene rings is 1. The Labute approximate surface area is 129 Å². The highest BCUT2D eigenvalue weighted by molar-refractivity contribution is 6.30. The fourth-order valence-corrected chi connectivity index (χ4v) is 1.87. The third-order valence-electron chi connectivity index (χ3n) is 2.93. The van der Waals surface area contributed by atoms with Gasteiger partial charge in [0.2, 0.25) is 0 Å². The van der Waals surface area contributed by atoms with E-state index in [-0.39, 0.29) is 18.5 Å². The SMILES string of the molecule is CC(C)NCc1ccnc(OCc2ccc(Cl)cc2)c1F. The monoisotopic (exact) mass is 308 g/mol. The summed E-state index contributed by atoms with van der Waals surface area (Å²) in [6.45, 7) is 4.72. The zero-order valence-corrected chi connectivity index (χ0v) is 12.8. The fourth-order valence-electron chi connectivity index (χ4n) is 1.75. The van der Waals surface area contributed by atoms with E-state index in [2.05, 4.69) is 10.3 Å². The number of rotatable bonds is 6. The van der Waals surface area contributed by atoms with Gasteiger partial charge in [0, 0.05) is 29.4 Å². The lowest BCUT2D eigenvalue weighted by atomic mass is 10.2. The van der Waals surface area contributed by atoms with Crippen molar-refractivity contribution < 1.29 is 9.13 Å². The van der Waals surface area contributed by atoms with Crippen LogP contribution in [0.3, 0.4) is 0 Å². The number of halogens is 2. The van der Waals surface area contributed by atoms with E-state index >= 15 is 0 Å². The number of pyridine rings is 1. The average Bonchev–Trinajstić information content (AvgIpc) is 2.46. The van der Waals surface area contributed by atoms with E-state index in [1.165, 1.54) is 0 Å². The summed E-state index contributed by atoms with van der Waals surface area (Å²) < 4.78 is 19.7. The van der Waals surface area contributed by atoms with Gasteiger partial charge in [0.1, 0.15) is 6.61 Å². The van der Waals surface area contributed by atoms with Gasteiger partial charge in [-0.15, -0.1) is 0 Å². The zero-order valence-electron chi connectivity index (χ0n) is 12.1. The second-order valence-corrected chi connectivity index (χ2v) is 5.48. The van der Waals surface area contributed by atoms with E-state index < -0.39 is 5.82 Å². The van der Waals surface area contributed by atoms with Crippen LogP contribution in [0.2, 0.25) is 5.02 Å². The Bertz CT molecular complexity index is 587. The molecule has 0 fully saturated rings. The molecule has 0 atom stereocenters. The van der Waals surface area contributed by atoms with Crippen molar-refractivity contribution in [3.8, 4) is 5.88 Å². The molecule has 0 spiro atoms. The van der Waals surface area contributed by atoms with E-state index in [1.807, 2.05) is 26.0 Å². The average molecular weight is 309 g/mol. The molecule has 0 aliphatic heterocycles. The second-order valence-electron chi connectivity index (χ2n) is 5.04. The summed E-state index contributed by atoms with van der Waals surface area (Å²) in [4.78, 5) is 3.95. The van der Waals surface area contributed by atoms with Crippen molar-refractivity contribution >= 4 is 11.6 Å². The molecule has 0 unspecified atom stereocenters. The Balaban J connectivity index is 2.02. The first-order valence-electron chi connectivity index (χ1n) is 6.80. The van der Waals surface area contributed by atoms with Crippen molar-refractivity contribution in [1.29, 1.82) is 0 Å². The highest BCUT2D eigenvalue weighted by Crippen LogP contribution is 2.19. The van der Waals surface area contributed by atoms with Gasteiger partial charge in [-0.3, -0.25) is 0 Å². The zero-order chi connectivity index (χ0) is 15.2. The van der Waals surface area contributed by atoms with Crippen LogP contribution in [-0.4, -0.2) is 11.0 Å². The number of hydrogen-bond donors (Lipinski definition) is 1. The normalized spacial score (nSPS) is 10.9. The summed E-state index contributed by atoms with van der Waals surface area (Å²) in [6, 6.07) is 9.16. The molecule has 0 saturated heterocycles. The summed E-state index contributed by atoms with van der Waals surface area (Å²) >= 11 is 5.81.